The smallest absolute Gasteiger partial charge is 0.272 e. The van der Waals surface area contributed by atoms with Crippen LogP contribution in [0.2, 0.25) is 5.02 Å². The number of methoxy groups -OCH3 is 1. The van der Waals surface area contributed by atoms with Crippen LogP contribution >= 0.6 is 50.1 Å². The second-order valence-corrected chi connectivity index (χ2v) is 8.52. The van der Waals surface area contributed by atoms with Gasteiger partial charge in [0.15, 0.2) is 11.5 Å². The quantitative estimate of drug-likeness (QED) is 0.204. The second-order valence-electron chi connectivity index (χ2n) is 6.09. The van der Waals surface area contributed by atoms with Gasteiger partial charge in [-0.2, -0.15) is 5.10 Å². The summed E-state index contributed by atoms with van der Waals surface area (Å²) in [5.74, 6) is 0.875. The Kier molecular flexibility index (Phi) is 8.12. The van der Waals surface area contributed by atoms with Gasteiger partial charge in [-0.3, -0.25) is 4.79 Å². The van der Waals surface area contributed by atoms with Crippen molar-refractivity contribution < 1.29 is 14.3 Å². The van der Waals surface area contributed by atoms with Crippen molar-refractivity contribution in [1.82, 2.24) is 5.43 Å². The first-order chi connectivity index (χ1) is 14.5. The number of nitrogens with one attached hydrogen (secondary N) is 1. The molecular formula is C22H17BrClIN2O3. The molecule has 0 unspecified atom stereocenters. The van der Waals surface area contributed by atoms with Crippen LogP contribution in [0.1, 0.15) is 21.5 Å². The third kappa shape index (κ3) is 5.74. The van der Waals surface area contributed by atoms with Crippen LogP contribution in [0.25, 0.3) is 0 Å². The maximum Gasteiger partial charge on any atom is 0.272 e. The Balaban J connectivity index is 1.72. The summed E-state index contributed by atoms with van der Waals surface area (Å²) < 4.78 is 13.0. The molecule has 30 heavy (non-hydrogen) atoms. The van der Waals surface area contributed by atoms with Crippen LogP contribution in [0, 0.1) is 3.57 Å². The highest BCUT2D eigenvalue weighted by Gasteiger charge is 2.13. The zero-order valence-corrected chi connectivity index (χ0v) is 20.4. The molecule has 3 rings (SSSR count). The van der Waals surface area contributed by atoms with E-state index in [2.05, 4.69) is 49.0 Å². The van der Waals surface area contributed by atoms with E-state index >= 15 is 0 Å². The van der Waals surface area contributed by atoms with E-state index in [1.165, 1.54) is 0 Å². The minimum Gasteiger partial charge on any atom is -0.493 e. The third-order valence-corrected chi connectivity index (χ3v) is 5.94. The van der Waals surface area contributed by atoms with Crippen LogP contribution < -0.4 is 14.9 Å². The Hall–Kier alpha value is -2.10. The lowest BCUT2D eigenvalue weighted by atomic mass is 10.2. The van der Waals surface area contributed by atoms with Crippen molar-refractivity contribution in [3.05, 3.63) is 90.4 Å². The summed E-state index contributed by atoms with van der Waals surface area (Å²) in [5.41, 5.74) is 4.67. The predicted octanol–water partition coefficient (Wildman–Crippen LogP) is 6.06. The molecule has 1 amide bonds. The molecule has 0 bridgehead atoms. The fourth-order valence-electron chi connectivity index (χ4n) is 2.59. The standard InChI is InChI=1S/C22H17BrClIN2O3/c1-29-20-11-14(12-26-27-22(28)16-7-3-4-8-17(16)23)10-19(25)21(20)30-13-15-6-2-5-9-18(15)24/h2-12H,13H2,1H3,(H,27,28)/b26-12+. The lowest BCUT2D eigenvalue weighted by Crippen LogP contribution is -2.18. The molecule has 0 fully saturated rings. The third-order valence-electron chi connectivity index (χ3n) is 4.08. The lowest BCUT2D eigenvalue weighted by Gasteiger charge is -2.14. The molecule has 0 aliphatic heterocycles. The van der Waals surface area contributed by atoms with E-state index in [-0.39, 0.29) is 5.91 Å². The molecule has 3 aromatic rings. The normalized spacial score (nSPS) is 10.8. The van der Waals surface area contributed by atoms with E-state index in [4.69, 9.17) is 21.1 Å². The summed E-state index contributed by atoms with van der Waals surface area (Å²) in [5, 5.41) is 4.70. The number of carbonyl (C=O) groups is 1. The van der Waals surface area contributed by atoms with Crippen molar-refractivity contribution in [2.75, 3.05) is 7.11 Å². The number of benzene rings is 3. The molecule has 0 aromatic heterocycles. The highest BCUT2D eigenvalue weighted by atomic mass is 127. The van der Waals surface area contributed by atoms with Gasteiger partial charge >= 0.3 is 0 Å². The van der Waals surface area contributed by atoms with Crippen molar-refractivity contribution in [2.45, 2.75) is 6.61 Å². The minimum atomic E-state index is -0.305. The Morgan fingerprint density at radius 1 is 1.20 bits per heavy atom. The summed E-state index contributed by atoms with van der Waals surface area (Å²) >= 11 is 11.7. The number of hydrazone groups is 1. The zero-order valence-electron chi connectivity index (χ0n) is 15.9. The molecule has 154 valence electrons. The van der Waals surface area contributed by atoms with E-state index in [1.54, 1.807) is 37.6 Å². The van der Waals surface area contributed by atoms with E-state index in [9.17, 15) is 4.79 Å². The van der Waals surface area contributed by atoms with Gasteiger partial charge in [0.05, 0.1) is 22.5 Å². The first-order valence-corrected chi connectivity index (χ1v) is 11.1. The van der Waals surface area contributed by atoms with Crippen LogP contribution in [0.5, 0.6) is 11.5 Å². The van der Waals surface area contributed by atoms with Crippen molar-refractivity contribution in [2.24, 2.45) is 5.10 Å². The number of amides is 1. The number of carbonyl (C=O) groups excluding carboxylic acids is 1. The molecule has 0 aliphatic rings. The molecule has 5 nitrogen and oxygen atoms in total. The number of rotatable bonds is 7. The van der Waals surface area contributed by atoms with Gasteiger partial charge < -0.3 is 9.47 Å². The molecule has 0 spiro atoms. The minimum absolute atomic E-state index is 0.305. The SMILES string of the molecule is COc1cc(/C=N/NC(=O)c2ccccc2Br)cc(I)c1OCc1ccccc1Cl. The van der Waals surface area contributed by atoms with Gasteiger partial charge in [-0.25, -0.2) is 5.43 Å². The molecule has 0 aliphatic carbocycles. The van der Waals surface area contributed by atoms with Gasteiger partial charge in [-0.05, 0) is 74.4 Å². The van der Waals surface area contributed by atoms with Crippen molar-refractivity contribution in [3.63, 3.8) is 0 Å². The number of ether oxygens (including phenoxy) is 2. The van der Waals surface area contributed by atoms with Gasteiger partial charge in [-0.1, -0.05) is 41.9 Å². The number of hydrogen-bond acceptors (Lipinski definition) is 4. The van der Waals surface area contributed by atoms with Crippen molar-refractivity contribution in [1.29, 1.82) is 0 Å². The van der Waals surface area contributed by atoms with Crippen LogP contribution in [-0.2, 0) is 6.61 Å². The summed E-state index contributed by atoms with van der Waals surface area (Å²) in [4.78, 5) is 12.2. The zero-order chi connectivity index (χ0) is 21.5. The molecular weight excluding hydrogens is 583 g/mol. The highest BCUT2D eigenvalue weighted by molar-refractivity contribution is 14.1. The Morgan fingerprint density at radius 3 is 2.67 bits per heavy atom. The molecule has 1 N–H and O–H groups in total. The second kappa shape index (κ2) is 10.8. The average molecular weight is 600 g/mol. The fraction of sp³-hybridized carbons (Fsp3) is 0.0909. The molecule has 8 heteroatoms. The largest absolute Gasteiger partial charge is 0.493 e. The summed E-state index contributed by atoms with van der Waals surface area (Å²) in [6.07, 6.45) is 1.55. The maximum atomic E-state index is 12.2. The van der Waals surface area contributed by atoms with Gasteiger partial charge in [-0.15, -0.1) is 0 Å². The Labute approximate surface area is 201 Å². The summed E-state index contributed by atoms with van der Waals surface area (Å²) in [6.45, 7) is 0.321. The van der Waals surface area contributed by atoms with Crippen molar-refractivity contribution >= 4 is 62.2 Å². The van der Waals surface area contributed by atoms with Crippen LogP contribution in [-0.4, -0.2) is 19.2 Å². The molecule has 0 atom stereocenters. The van der Waals surface area contributed by atoms with E-state index in [1.807, 2.05) is 36.4 Å². The van der Waals surface area contributed by atoms with E-state index in [0.717, 1.165) is 14.7 Å². The fourth-order valence-corrected chi connectivity index (χ4v) is 4.03. The topological polar surface area (TPSA) is 59.9 Å². The Morgan fingerprint density at radius 2 is 1.93 bits per heavy atom. The van der Waals surface area contributed by atoms with Gasteiger partial charge in [0.1, 0.15) is 6.61 Å². The number of halogens is 3. The highest BCUT2D eigenvalue weighted by Crippen LogP contribution is 2.34. The monoisotopic (exact) mass is 598 g/mol. The van der Waals surface area contributed by atoms with Gasteiger partial charge in [0.2, 0.25) is 0 Å². The molecule has 0 heterocycles. The molecule has 3 aromatic carbocycles. The maximum absolute atomic E-state index is 12.2. The number of nitrogens with zero attached hydrogens (tertiary/aromatic N) is 1. The van der Waals surface area contributed by atoms with E-state index < -0.39 is 0 Å². The predicted molar refractivity (Wildman–Crippen MR) is 131 cm³/mol. The Bertz CT molecular complexity index is 1090. The van der Waals surface area contributed by atoms with Crippen LogP contribution in [0.3, 0.4) is 0 Å². The summed E-state index contributed by atoms with van der Waals surface area (Å²) in [6, 6.07) is 18.3. The van der Waals surface area contributed by atoms with Crippen LogP contribution in [0.15, 0.2) is 70.2 Å². The lowest BCUT2D eigenvalue weighted by molar-refractivity contribution is 0.0954. The summed E-state index contributed by atoms with van der Waals surface area (Å²) in [7, 11) is 1.57. The van der Waals surface area contributed by atoms with Crippen molar-refractivity contribution in [3.8, 4) is 11.5 Å². The van der Waals surface area contributed by atoms with Gasteiger partial charge in [0.25, 0.3) is 5.91 Å². The molecule has 0 radical (unpaired) electrons. The first-order valence-electron chi connectivity index (χ1n) is 8.81. The molecule has 0 saturated heterocycles. The number of hydrogen-bond donors (Lipinski definition) is 1. The average Bonchev–Trinajstić information content (AvgIpc) is 2.74. The van der Waals surface area contributed by atoms with Crippen LogP contribution in [0.4, 0.5) is 0 Å². The molecule has 0 saturated carbocycles. The van der Waals surface area contributed by atoms with E-state index in [0.29, 0.717) is 33.2 Å². The first kappa shape index (κ1) is 22.6. The van der Waals surface area contributed by atoms with Gasteiger partial charge in [0, 0.05) is 15.1 Å².